The number of hydrogen-bond acceptors (Lipinski definition) is 4. The van der Waals surface area contributed by atoms with Gasteiger partial charge in [-0.1, -0.05) is 6.07 Å². The maximum absolute atomic E-state index is 5.35. The van der Waals surface area contributed by atoms with Crippen LogP contribution in [-0.4, -0.2) is 37.3 Å². The van der Waals surface area contributed by atoms with Gasteiger partial charge < -0.3 is 15.0 Å². The van der Waals surface area contributed by atoms with Crippen molar-refractivity contribution in [2.45, 2.75) is 25.9 Å². The van der Waals surface area contributed by atoms with Gasteiger partial charge in [-0.15, -0.1) is 0 Å². The maximum atomic E-state index is 5.35. The van der Waals surface area contributed by atoms with E-state index in [-0.39, 0.29) is 0 Å². The lowest BCUT2D eigenvalue weighted by Crippen LogP contribution is -2.54. The summed E-state index contributed by atoms with van der Waals surface area (Å²) < 4.78 is 5.35. The Bertz CT molecular complexity index is 604. The smallest absolute Gasteiger partial charge is 0.136 e. The van der Waals surface area contributed by atoms with Crippen molar-refractivity contribution in [3.8, 4) is 5.75 Å². The molecule has 2 heterocycles. The highest BCUT2D eigenvalue weighted by Gasteiger charge is 2.23. The van der Waals surface area contributed by atoms with E-state index in [1.54, 1.807) is 7.11 Å². The van der Waals surface area contributed by atoms with Gasteiger partial charge in [0.25, 0.3) is 0 Å². The first-order chi connectivity index (χ1) is 9.67. The number of piperazine rings is 1. The fourth-order valence-corrected chi connectivity index (χ4v) is 3.01. The summed E-state index contributed by atoms with van der Waals surface area (Å²) in [5, 5.41) is 5.92. The molecule has 0 bridgehead atoms. The van der Waals surface area contributed by atoms with Crippen LogP contribution in [0.3, 0.4) is 0 Å². The monoisotopic (exact) mass is 271 g/mol. The van der Waals surface area contributed by atoms with Crippen LogP contribution < -0.4 is 15.0 Å². The number of hydrogen-bond donors (Lipinski definition) is 1. The van der Waals surface area contributed by atoms with Crippen molar-refractivity contribution in [3.63, 3.8) is 0 Å². The molecule has 3 rings (SSSR count). The fraction of sp³-hybridized carbons (Fsp3) is 0.438. The molecule has 1 aromatic carbocycles. The Kier molecular flexibility index (Phi) is 3.49. The zero-order chi connectivity index (χ0) is 14.1. The zero-order valence-electron chi connectivity index (χ0n) is 12.3. The number of nitrogens with zero attached hydrogens (tertiary/aromatic N) is 2. The predicted octanol–water partition coefficient (Wildman–Crippen LogP) is 2.43. The molecule has 0 spiro atoms. The fourth-order valence-electron chi connectivity index (χ4n) is 3.01. The van der Waals surface area contributed by atoms with Crippen LogP contribution in [0.25, 0.3) is 10.8 Å². The van der Waals surface area contributed by atoms with Gasteiger partial charge in [-0.05, 0) is 37.4 Å². The highest BCUT2D eigenvalue weighted by molar-refractivity contribution is 5.93. The molecule has 0 amide bonds. The molecular weight excluding hydrogens is 250 g/mol. The summed E-state index contributed by atoms with van der Waals surface area (Å²) in [6, 6.07) is 9.16. The van der Waals surface area contributed by atoms with E-state index in [0.717, 1.165) is 30.0 Å². The molecule has 106 valence electrons. The Morgan fingerprint density at radius 1 is 1.20 bits per heavy atom. The van der Waals surface area contributed by atoms with E-state index in [1.165, 1.54) is 5.39 Å². The molecule has 2 unspecified atom stereocenters. The third kappa shape index (κ3) is 2.43. The molecular formula is C16H21N3O. The molecule has 1 aliphatic rings. The van der Waals surface area contributed by atoms with Crippen LogP contribution in [0.15, 0.2) is 30.5 Å². The number of fused-ring (bicyclic) bond motifs is 1. The van der Waals surface area contributed by atoms with Gasteiger partial charge in [0.15, 0.2) is 0 Å². The van der Waals surface area contributed by atoms with E-state index in [9.17, 15) is 0 Å². The van der Waals surface area contributed by atoms with Crippen LogP contribution in [-0.2, 0) is 0 Å². The van der Waals surface area contributed by atoms with Gasteiger partial charge in [-0.25, -0.2) is 4.98 Å². The average molecular weight is 271 g/mol. The topological polar surface area (TPSA) is 37.4 Å². The second-order valence-corrected chi connectivity index (χ2v) is 5.60. The molecule has 1 aliphatic heterocycles. The molecule has 0 radical (unpaired) electrons. The van der Waals surface area contributed by atoms with Crippen molar-refractivity contribution in [2.75, 3.05) is 25.1 Å². The van der Waals surface area contributed by atoms with Crippen LogP contribution in [0.5, 0.6) is 5.75 Å². The van der Waals surface area contributed by atoms with E-state index in [1.807, 2.05) is 18.3 Å². The van der Waals surface area contributed by atoms with Crippen LogP contribution in [0, 0.1) is 0 Å². The summed E-state index contributed by atoms with van der Waals surface area (Å²) in [5.41, 5.74) is 0. The van der Waals surface area contributed by atoms with Gasteiger partial charge in [0.1, 0.15) is 11.6 Å². The third-order valence-electron chi connectivity index (χ3n) is 3.81. The van der Waals surface area contributed by atoms with Gasteiger partial charge in [0, 0.05) is 36.8 Å². The number of anilines is 1. The molecule has 4 nitrogen and oxygen atoms in total. The van der Waals surface area contributed by atoms with Crippen LogP contribution >= 0.6 is 0 Å². The summed E-state index contributed by atoms with van der Waals surface area (Å²) in [6.07, 6.45) is 1.89. The third-order valence-corrected chi connectivity index (χ3v) is 3.81. The number of ether oxygens (including phenoxy) is 1. The average Bonchev–Trinajstić information content (AvgIpc) is 2.45. The molecule has 4 heteroatoms. The Morgan fingerprint density at radius 3 is 2.65 bits per heavy atom. The minimum absolute atomic E-state index is 0.474. The molecule has 20 heavy (non-hydrogen) atoms. The molecule has 1 aromatic heterocycles. The Balaban J connectivity index is 2.05. The molecule has 1 N–H and O–H groups in total. The first-order valence-electron chi connectivity index (χ1n) is 7.11. The van der Waals surface area contributed by atoms with Crippen LogP contribution in [0.4, 0.5) is 5.82 Å². The second kappa shape index (κ2) is 5.29. The van der Waals surface area contributed by atoms with Gasteiger partial charge in [0.2, 0.25) is 0 Å². The molecule has 1 fully saturated rings. The minimum Gasteiger partial charge on any atom is -0.497 e. The highest BCUT2D eigenvalue weighted by atomic mass is 16.5. The summed E-state index contributed by atoms with van der Waals surface area (Å²) in [6.45, 7) is 6.39. The van der Waals surface area contributed by atoms with Crippen molar-refractivity contribution in [2.24, 2.45) is 0 Å². The van der Waals surface area contributed by atoms with Crippen molar-refractivity contribution in [1.82, 2.24) is 10.3 Å². The molecule has 0 aliphatic carbocycles. The van der Waals surface area contributed by atoms with Crippen LogP contribution in [0.2, 0.25) is 0 Å². The van der Waals surface area contributed by atoms with E-state index in [2.05, 4.69) is 41.2 Å². The Morgan fingerprint density at radius 2 is 1.95 bits per heavy atom. The molecule has 1 saturated heterocycles. The number of benzene rings is 1. The SMILES string of the molecule is COc1ccc2ccnc(N3CC(C)NC(C)C3)c2c1. The number of aromatic nitrogens is 1. The maximum Gasteiger partial charge on any atom is 0.136 e. The number of pyridine rings is 1. The van der Waals surface area contributed by atoms with Crippen LogP contribution in [0.1, 0.15) is 13.8 Å². The Hall–Kier alpha value is -1.81. The Labute approximate surface area is 119 Å². The first-order valence-corrected chi connectivity index (χ1v) is 7.11. The second-order valence-electron chi connectivity index (χ2n) is 5.60. The minimum atomic E-state index is 0.474. The van der Waals surface area contributed by atoms with E-state index < -0.39 is 0 Å². The number of methoxy groups -OCH3 is 1. The van der Waals surface area contributed by atoms with Gasteiger partial charge in [0.05, 0.1) is 7.11 Å². The summed E-state index contributed by atoms with van der Waals surface area (Å²) in [7, 11) is 1.70. The van der Waals surface area contributed by atoms with E-state index >= 15 is 0 Å². The number of nitrogens with one attached hydrogen (secondary N) is 1. The lowest BCUT2D eigenvalue weighted by molar-refractivity contribution is 0.405. The predicted molar refractivity (Wildman–Crippen MR) is 82.6 cm³/mol. The van der Waals surface area contributed by atoms with Crippen molar-refractivity contribution in [1.29, 1.82) is 0 Å². The zero-order valence-corrected chi connectivity index (χ0v) is 12.3. The molecule has 0 saturated carbocycles. The summed E-state index contributed by atoms with van der Waals surface area (Å²) in [5.74, 6) is 1.93. The van der Waals surface area contributed by atoms with Gasteiger partial charge in [-0.2, -0.15) is 0 Å². The quantitative estimate of drug-likeness (QED) is 0.910. The van der Waals surface area contributed by atoms with Gasteiger partial charge >= 0.3 is 0 Å². The number of rotatable bonds is 2. The largest absolute Gasteiger partial charge is 0.497 e. The van der Waals surface area contributed by atoms with Crippen molar-refractivity contribution in [3.05, 3.63) is 30.5 Å². The standard InChI is InChI=1S/C16H21N3O/c1-11-9-19(10-12(2)18-11)16-15-8-14(20-3)5-4-13(15)6-7-17-16/h4-8,11-12,18H,9-10H2,1-3H3. The normalized spacial score (nSPS) is 23.1. The molecule has 2 atom stereocenters. The van der Waals surface area contributed by atoms with E-state index in [4.69, 9.17) is 4.74 Å². The first kappa shape index (κ1) is 13.2. The summed E-state index contributed by atoms with van der Waals surface area (Å²) >= 11 is 0. The van der Waals surface area contributed by atoms with Crippen molar-refractivity contribution >= 4 is 16.6 Å². The van der Waals surface area contributed by atoms with Gasteiger partial charge in [-0.3, -0.25) is 0 Å². The lowest BCUT2D eigenvalue weighted by atomic mass is 10.1. The lowest BCUT2D eigenvalue weighted by Gasteiger charge is -2.37. The highest BCUT2D eigenvalue weighted by Crippen LogP contribution is 2.29. The molecule has 2 aromatic rings. The van der Waals surface area contributed by atoms with E-state index in [0.29, 0.717) is 12.1 Å². The van der Waals surface area contributed by atoms with Crippen molar-refractivity contribution < 1.29 is 4.74 Å². The summed E-state index contributed by atoms with van der Waals surface area (Å²) in [4.78, 5) is 6.99.